The molecular weight excluding hydrogens is 207 g/mol. The summed E-state index contributed by atoms with van der Waals surface area (Å²) in [7, 11) is 0. The number of carbonyl (C=O) groups excluding carboxylic acids is 1. The van der Waals surface area contributed by atoms with E-state index in [2.05, 4.69) is 0 Å². The lowest BCUT2D eigenvalue weighted by molar-refractivity contribution is -0.156. The van der Waals surface area contributed by atoms with E-state index in [0.29, 0.717) is 0 Å². The first-order valence-electron chi connectivity index (χ1n) is 5.63. The molecule has 1 fully saturated rings. The van der Waals surface area contributed by atoms with Crippen LogP contribution in [0.15, 0.2) is 24.3 Å². The summed E-state index contributed by atoms with van der Waals surface area (Å²) in [5.74, 6) is -0.313. The summed E-state index contributed by atoms with van der Waals surface area (Å²) >= 11 is 0. The van der Waals surface area contributed by atoms with Gasteiger partial charge in [-0.1, -0.05) is 18.6 Å². The zero-order chi connectivity index (χ0) is 11.5. The molecule has 0 bridgehead atoms. The number of hydrogen-bond acceptors (Lipinski definition) is 2. The van der Waals surface area contributed by atoms with Gasteiger partial charge < -0.3 is 4.74 Å². The summed E-state index contributed by atoms with van der Waals surface area (Å²) < 4.78 is 18.0. The number of ether oxygens (including phenoxy) is 1. The largest absolute Gasteiger partial charge is 0.458 e. The molecule has 1 aliphatic rings. The lowest BCUT2D eigenvalue weighted by atomic mass is 9.85. The molecule has 0 radical (unpaired) electrons. The van der Waals surface area contributed by atoms with E-state index >= 15 is 0 Å². The Hall–Kier alpha value is -1.38. The molecule has 3 heteroatoms. The molecule has 1 atom stereocenters. The van der Waals surface area contributed by atoms with Crippen molar-refractivity contribution in [1.82, 2.24) is 0 Å². The van der Waals surface area contributed by atoms with E-state index in [-0.39, 0.29) is 23.8 Å². The molecule has 0 aliphatic heterocycles. The smallest absolute Gasteiger partial charge is 0.309 e. The van der Waals surface area contributed by atoms with Gasteiger partial charge in [-0.2, -0.15) is 0 Å². The molecule has 0 spiro atoms. The third-order valence-corrected chi connectivity index (χ3v) is 3.07. The molecule has 1 aromatic rings. The fourth-order valence-corrected chi connectivity index (χ4v) is 1.72. The quantitative estimate of drug-likeness (QED) is 0.734. The molecule has 1 aliphatic carbocycles. The first-order valence-corrected chi connectivity index (χ1v) is 5.63. The van der Waals surface area contributed by atoms with E-state index in [4.69, 9.17) is 4.74 Å². The zero-order valence-corrected chi connectivity index (χ0v) is 9.28. The van der Waals surface area contributed by atoms with Crippen molar-refractivity contribution in [1.29, 1.82) is 0 Å². The van der Waals surface area contributed by atoms with Gasteiger partial charge >= 0.3 is 5.97 Å². The fraction of sp³-hybridized carbons (Fsp3) is 0.462. The zero-order valence-electron chi connectivity index (χ0n) is 9.28. The van der Waals surface area contributed by atoms with Crippen LogP contribution < -0.4 is 0 Å². The Morgan fingerprint density at radius 1 is 1.38 bits per heavy atom. The second-order valence-electron chi connectivity index (χ2n) is 4.26. The maximum Gasteiger partial charge on any atom is 0.309 e. The van der Waals surface area contributed by atoms with E-state index < -0.39 is 0 Å². The first-order chi connectivity index (χ1) is 7.66. The Kier molecular flexibility index (Phi) is 3.22. The van der Waals surface area contributed by atoms with Crippen molar-refractivity contribution in [2.24, 2.45) is 5.92 Å². The fourth-order valence-electron chi connectivity index (χ4n) is 1.72. The molecule has 0 amide bonds. The highest BCUT2D eigenvalue weighted by Crippen LogP contribution is 2.29. The predicted octanol–water partition coefficient (Wildman–Crippen LogP) is 3.23. The molecule has 2 rings (SSSR count). The van der Waals surface area contributed by atoms with Crippen LogP contribution in [-0.4, -0.2) is 5.97 Å². The number of hydrogen-bond donors (Lipinski definition) is 0. The van der Waals surface area contributed by atoms with Crippen molar-refractivity contribution in [2.75, 3.05) is 0 Å². The van der Waals surface area contributed by atoms with Gasteiger partial charge in [0.1, 0.15) is 11.9 Å². The number of benzene rings is 1. The van der Waals surface area contributed by atoms with Gasteiger partial charge in [-0.05, 0) is 37.5 Å². The Balaban J connectivity index is 1.94. The van der Waals surface area contributed by atoms with Crippen molar-refractivity contribution >= 4 is 5.97 Å². The normalized spacial score (nSPS) is 17.6. The van der Waals surface area contributed by atoms with Crippen molar-refractivity contribution in [2.45, 2.75) is 32.3 Å². The van der Waals surface area contributed by atoms with Gasteiger partial charge in [0, 0.05) is 0 Å². The second-order valence-corrected chi connectivity index (χ2v) is 4.26. The second kappa shape index (κ2) is 4.64. The van der Waals surface area contributed by atoms with Crippen LogP contribution in [0, 0.1) is 11.7 Å². The summed E-state index contributed by atoms with van der Waals surface area (Å²) in [5, 5.41) is 0. The minimum absolute atomic E-state index is 0.0860. The third kappa shape index (κ3) is 2.40. The first kappa shape index (κ1) is 11.1. The molecule has 86 valence electrons. The number of halogens is 1. The average molecular weight is 222 g/mol. The number of carbonyl (C=O) groups is 1. The van der Waals surface area contributed by atoms with Crippen molar-refractivity contribution in [3.63, 3.8) is 0 Å². The van der Waals surface area contributed by atoms with Gasteiger partial charge in [0.25, 0.3) is 0 Å². The highest BCUT2D eigenvalue weighted by molar-refractivity contribution is 5.73. The van der Waals surface area contributed by atoms with E-state index in [9.17, 15) is 9.18 Å². The van der Waals surface area contributed by atoms with Gasteiger partial charge in [-0.25, -0.2) is 4.39 Å². The van der Waals surface area contributed by atoms with E-state index in [1.54, 1.807) is 12.1 Å². The summed E-state index contributed by atoms with van der Waals surface area (Å²) in [5.41, 5.74) is 0.828. The molecule has 0 aromatic heterocycles. The van der Waals surface area contributed by atoms with Crippen LogP contribution in [0.2, 0.25) is 0 Å². The van der Waals surface area contributed by atoms with Crippen LogP contribution in [-0.2, 0) is 9.53 Å². The lowest BCUT2D eigenvalue weighted by Crippen LogP contribution is -2.25. The minimum atomic E-state index is -0.298. The molecular formula is C13H15FO2. The van der Waals surface area contributed by atoms with E-state index in [0.717, 1.165) is 24.8 Å². The standard InChI is InChI=1S/C13H15FO2/c1-9(10-5-7-12(14)8-6-10)16-13(15)11-3-2-4-11/h5-9,11H,2-4H2,1H3. The van der Waals surface area contributed by atoms with Crippen LogP contribution >= 0.6 is 0 Å². The molecule has 2 nitrogen and oxygen atoms in total. The Bertz CT molecular complexity index is 368. The monoisotopic (exact) mass is 222 g/mol. The molecule has 1 unspecified atom stereocenters. The van der Waals surface area contributed by atoms with Crippen LogP contribution in [0.1, 0.15) is 37.9 Å². The number of esters is 1. The minimum Gasteiger partial charge on any atom is -0.458 e. The summed E-state index contributed by atoms with van der Waals surface area (Å²) in [6.45, 7) is 1.81. The molecule has 16 heavy (non-hydrogen) atoms. The molecule has 1 saturated carbocycles. The van der Waals surface area contributed by atoms with Gasteiger partial charge in [0.2, 0.25) is 0 Å². The van der Waals surface area contributed by atoms with Gasteiger partial charge in [-0.3, -0.25) is 4.79 Å². The number of rotatable bonds is 3. The van der Waals surface area contributed by atoms with Gasteiger partial charge in [0.15, 0.2) is 0 Å². The maximum atomic E-state index is 12.7. The highest BCUT2D eigenvalue weighted by Gasteiger charge is 2.28. The topological polar surface area (TPSA) is 26.3 Å². The van der Waals surface area contributed by atoms with Crippen LogP contribution in [0.25, 0.3) is 0 Å². The van der Waals surface area contributed by atoms with E-state index in [1.165, 1.54) is 12.1 Å². The molecule has 1 aromatic carbocycles. The van der Waals surface area contributed by atoms with Crippen molar-refractivity contribution < 1.29 is 13.9 Å². The average Bonchev–Trinajstić information content (AvgIpc) is 2.15. The summed E-state index contributed by atoms with van der Waals surface area (Å²) in [6.07, 6.45) is 2.70. The highest BCUT2D eigenvalue weighted by atomic mass is 19.1. The van der Waals surface area contributed by atoms with Crippen LogP contribution in [0.4, 0.5) is 4.39 Å². The van der Waals surface area contributed by atoms with Crippen LogP contribution in [0.5, 0.6) is 0 Å². The van der Waals surface area contributed by atoms with Gasteiger partial charge in [0.05, 0.1) is 5.92 Å². The Morgan fingerprint density at radius 3 is 2.50 bits per heavy atom. The van der Waals surface area contributed by atoms with E-state index in [1.807, 2.05) is 6.92 Å². The predicted molar refractivity (Wildman–Crippen MR) is 58.2 cm³/mol. The third-order valence-electron chi connectivity index (χ3n) is 3.07. The summed E-state index contributed by atoms with van der Waals surface area (Å²) in [4.78, 5) is 11.6. The maximum absolute atomic E-state index is 12.7. The molecule has 0 saturated heterocycles. The van der Waals surface area contributed by atoms with Gasteiger partial charge in [-0.15, -0.1) is 0 Å². The lowest BCUT2D eigenvalue weighted by Gasteiger charge is -2.25. The summed E-state index contributed by atoms with van der Waals surface area (Å²) in [6, 6.07) is 6.05. The molecule has 0 N–H and O–H groups in total. The van der Waals surface area contributed by atoms with Crippen LogP contribution in [0.3, 0.4) is 0 Å². The Morgan fingerprint density at radius 2 is 2.00 bits per heavy atom. The molecule has 0 heterocycles. The SMILES string of the molecule is CC(OC(=O)C1CCC1)c1ccc(F)cc1. The Labute approximate surface area is 94.4 Å². The van der Waals surface area contributed by atoms with Crippen molar-refractivity contribution in [3.8, 4) is 0 Å². The van der Waals surface area contributed by atoms with Crippen molar-refractivity contribution in [3.05, 3.63) is 35.6 Å².